The molecule has 0 N–H and O–H groups in total. The number of nitrogens with zero attached hydrogens (tertiary/aromatic N) is 3. The first-order chi connectivity index (χ1) is 8.41. The molecular weight excluding hydrogens is 267 g/mol. The van der Waals surface area contributed by atoms with Gasteiger partial charge in [0, 0.05) is 6.20 Å². The van der Waals surface area contributed by atoms with Crippen molar-refractivity contribution < 1.29 is 13.2 Å². The van der Waals surface area contributed by atoms with Crippen LogP contribution in [-0.4, -0.2) is 9.78 Å². The molecule has 0 aliphatic heterocycles. The molecule has 2 aromatic rings. The van der Waals surface area contributed by atoms with Gasteiger partial charge in [0.2, 0.25) is 0 Å². The van der Waals surface area contributed by atoms with E-state index in [-0.39, 0.29) is 10.6 Å². The smallest absolute Gasteiger partial charge is 0.240 e. The van der Waals surface area contributed by atoms with Gasteiger partial charge < -0.3 is 0 Å². The Bertz CT molecular complexity index is 625. The van der Waals surface area contributed by atoms with Crippen LogP contribution in [0.4, 0.5) is 13.2 Å². The fourth-order valence-electron chi connectivity index (χ4n) is 1.36. The van der Waals surface area contributed by atoms with E-state index in [0.717, 1.165) is 10.7 Å². The van der Waals surface area contributed by atoms with Gasteiger partial charge in [0.25, 0.3) is 0 Å². The van der Waals surface area contributed by atoms with Crippen LogP contribution in [0.25, 0.3) is 5.69 Å². The summed E-state index contributed by atoms with van der Waals surface area (Å²) in [6.07, 6.45) is -3.30. The van der Waals surface area contributed by atoms with Gasteiger partial charge in [-0.2, -0.15) is 23.5 Å². The SMILES string of the molecule is N#Cc1ccc(-n2ccc(C(F)(F)F)n2)cc1Cl. The van der Waals surface area contributed by atoms with Crippen LogP contribution in [0.2, 0.25) is 5.02 Å². The van der Waals surface area contributed by atoms with Crippen LogP contribution in [0.15, 0.2) is 30.5 Å². The lowest BCUT2D eigenvalue weighted by molar-refractivity contribution is -0.141. The molecule has 92 valence electrons. The molecule has 1 aromatic carbocycles. The Morgan fingerprint density at radius 2 is 2.00 bits per heavy atom. The van der Waals surface area contributed by atoms with Gasteiger partial charge in [-0.3, -0.25) is 0 Å². The number of hydrogen-bond acceptors (Lipinski definition) is 2. The first-order valence-corrected chi connectivity index (χ1v) is 5.12. The van der Waals surface area contributed by atoms with Gasteiger partial charge in [-0.15, -0.1) is 0 Å². The number of aromatic nitrogens is 2. The summed E-state index contributed by atoms with van der Waals surface area (Å²) in [6.45, 7) is 0. The molecule has 3 nitrogen and oxygen atoms in total. The van der Waals surface area contributed by atoms with Crippen molar-refractivity contribution in [2.45, 2.75) is 6.18 Å². The topological polar surface area (TPSA) is 41.6 Å². The zero-order valence-electron chi connectivity index (χ0n) is 8.74. The Hall–Kier alpha value is -2.00. The third-order valence-electron chi connectivity index (χ3n) is 2.22. The summed E-state index contributed by atoms with van der Waals surface area (Å²) in [7, 11) is 0. The monoisotopic (exact) mass is 271 g/mol. The fourth-order valence-corrected chi connectivity index (χ4v) is 1.57. The molecule has 0 unspecified atom stereocenters. The zero-order valence-corrected chi connectivity index (χ0v) is 9.50. The summed E-state index contributed by atoms with van der Waals surface area (Å²) in [5.74, 6) is 0. The maximum absolute atomic E-state index is 12.4. The van der Waals surface area contributed by atoms with E-state index in [1.54, 1.807) is 0 Å². The predicted molar refractivity (Wildman–Crippen MR) is 58.3 cm³/mol. The highest BCUT2D eigenvalue weighted by Gasteiger charge is 2.33. The van der Waals surface area contributed by atoms with Gasteiger partial charge in [0.05, 0.1) is 16.3 Å². The third-order valence-corrected chi connectivity index (χ3v) is 2.53. The molecule has 0 bridgehead atoms. The summed E-state index contributed by atoms with van der Waals surface area (Å²) in [6, 6.07) is 7.00. The summed E-state index contributed by atoms with van der Waals surface area (Å²) in [5, 5.41) is 12.2. The lowest BCUT2D eigenvalue weighted by Gasteiger charge is -2.04. The summed E-state index contributed by atoms with van der Waals surface area (Å²) in [5.41, 5.74) is -0.374. The minimum Gasteiger partial charge on any atom is -0.240 e. The molecule has 7 heteroatoms. The van der Waals surface area contributed by atoms with E-state index in [2.05, 4.69) is 5.10 Å². The lowest BCUT2D eigenvalue weighted by Crippen LogP contribution is -2.07. The number of rotatable bonds is 1. The van der Waals surface area contributed by atoms with Crippen LogP contribution >= 0.6 is 11.6 Å². The predicted octanol–water partition coefficient (Wildman–Crippen LogP) is 3.42. The highest BCUT2D eigenvalue weighted by atomic mass is 35.5. The molecule has 0 aliphatic rings. The van der Waals surface area contributed by atoms with Gasteiger partial charge in [-0.25, -0.2) is 4.68 Å². The van der Waals surface area contributed by atoms with Crippen LogP contribution in [0, 0.1) is 11.3 Å². The average molecular weight is 272 g/mol. The normalized spacial score (nSPS) is 11.3. The van der Waals surface area contributed by atoms with Crippen molar-refractivity contribution in [2.75, 3.05) is 0 Å². The van der Waals surface area contributed by atoms with Crippen molar-refractivity contribution in [1.82, 2.24) is 9.78 Å². The number of nitriles is 1. The van der Waals surface area contributed by atoms with Gasteiger partial charge in [0.1, 0.15) is 6.07 Å². The Balaban J connectivity index is 2.41. The van der Waals surface area contributed by atoms with Gasteiger partial charge in [0.15, 0.2) is 5.69 Å². The van der Waals surface area contributed by atoms with Crippen LogP contribution in [0.3, 0.4) is 0 Å². The van der Waals surface area contributed by atoms with Crippen molar-refractivity contribution in [2.24, 2.45) is 0 Å². The molecule has 1 aromatic heterocycles. The Morgan fingerprint density at radius 3 is 2.50 bits per heavy atom. The molecule has 1 heterocycles. The molecule has 0 aliphatic carbocycles. The molecule has 0 fully saturated rings. The highest BCUT2D eigenvalue weighted by molar-refractivity contribution is 6.31. The van der Waals surface area contributed by atoms with Crippen molar-refractivity contribution in [1.29, 1.82) is 5.26 Å². The summed E-state index contributed by atoms with van der Waals surface area (Å²) < 4.78 is 38.2. The highest BCUT2D eigenvalue weighted by Crippen LogP contribution is 2.28. The molecule has 0 radical (unpaired) electrons. The third kappa shape index (κ3) is 2.31. The van der Waals surface area contributed by atoms with E-state index >= 15 is 0 Å². The van der Waals surface area contributed by atoms with Crippen molar-refractivity contribution in [3.8, 4) is 11.8 Å². The molecule has 18 heavy (non-hydrogen) atoms. The largest absolute Gasteiger partial charge is 0.435 e. The molecule has 0 saturated carbocycles. The second kappa shape index (κ2) is 4.35. The fraction of sp³-hybridized carbons (Fsp3) is 0.0909. The maximum atomic E-state index is 12.4. The van der Waals surface area contributed by atoms with Crippen LogP contribution in [-0.2, 0) is 6.18 Å². The molecule has 0 spiro atoms. The van der Waals surface area contributed by atoms with E-state index < -0.39 is 11.9 Å². The van der Waals surface area contributed by atoms with E-state index in [1.165, 1.54) is 24.4 Å². The van der Waals surface area contributed by atoms with Crippen LogP contribution in [0.1, 0.15) is 11.3 Å². The van der Waals surface area contributed by atoms with Crippen molar-refractivity contribution >= 4 is 11.6 Å². The summed E-state index contributed by atoms with van der Waals surface area (Å²) >= 11 is 5.79. The average Bonchev–Trinajstić information content (AvgIpc) is 2.77. The zero-order chi connectivity index (χ0) is 13.3. The van der Waals surface area contributed by atoms with Crippen molar-refractivity contribution in [3.63, 3.8) is 0 Å². The molecule has 0 amide bonds. The van der Waals surface area contributed by atoms with E-state index in [0.29, 0.717) is 5.69 Å². The van der Waals surface area contributed by atoms with Gasteiger partial charge >= 0.3 is 6.18 Å². The standard InChI is InChI=1S/C11H5ClF3N3/c12-9-5-8(2-1-7(9)6-16)18-4-3-10(17-18)11(13,14)15/h1-5H. The summed E-state index contributed by atoms with van der Waals surface area (Å²) in [4.78, 5) is 0. The first-order valence-electron chi connectivity index (χ1n) is 4.74. The van der Waals surface area contributed by atoms with E-state index in [4.69, 9.17) is 16.9 Å². The Morgan fingerprint density at radius 1 is 1.28 bits per heavy atom. The van der Waals surface area contributed by atoms with E-state index in [1.807, 2.05) is 6.07 Å². The second-order valence-corrected chi connectivity index (χ2v) is 3.83. The number of halogens is 4. The minimum absolute atomic E-state index is 0.166. The number of benzene rings is 1. The molecule has 2 rings (SSSR count). The second-order valence-electron chi connectivity index (χ2n) is 3.42. The Kier molecular flexibility index (Phi) is 3.01. The number of hydrogen-bond donors (Lipinski definition) is 0. The Labute approximate surface area is 105 Å². The quantitative estimate of drug-likeness (QED) is 0.797. The lowest BCUT2D eigenvalue weighted by atomic mass is 10.2. The minimum atomic E-state index is -4.48. The van der Waals surface area contributed by atoms with Gasteiger partial charge in [-0.05, 0) is 24.3 Å². The van der Waals surface area contributed by atoms with Crippen LogP contribution < -0.4 is 0 Å². The maximum Gasteiger partial charge on any atom is 0.435 e. The van der Waals surface area contributed by atoms with E-state index in [9.17, 15) is 13.2 Å². The molecular formula is C11H5ClF3N3. The van der Waals surface area contributed by atoms with Crippen molar-refractivity contribution in [3.05, 3.63) is 46.7 Å². The first kappa shape index (κ1) is 12.5. The van der Waals surface area contributed by atoms with Crippen LogP contribution in [0.5, 0.6) is 0 Å². The molecule has 0 atom stereocenters. The number of alkyl halides is 3. The van der Waals surface area contributed by atoms with Gasteiger partial charge in [-0.1, -0.05) is 11.6 Å². The molecule has 0 saturated heterocycles.